The van der Waals surface area contributed by atoms with E-state index in [1.54, 1.807) is 11.7 Å². The number of nitrogens with zero attached hydrogens (tertiary/aromatic N) is 2. The fourth-order valence-electron chi connectivity index (χ4n) is 2.10. The van der Waals surface area contributed by atoms with Crippen molar-refractivity contribution in [2.24, 2.45) is 7.05 Å². The van der Waals surface area contributed by atoms with Crippen molar-refractivity contribution in [1.82, 2.24) is 9.55 Å². The molecule has 0 aliphatic rings. The average Bonchev–Trinajstić information content (AvgIpc) is 2.68. The van der Waals surface area contributed by atoms with E-state index in [0.29, 0.717) is 11.4 Å². The maximum Gasteiger partial charge on any atom is 0.168 e. The Morgan fingerprint density at radius 3 is 2.42 bits per heavy atom. The number of hydrogen-bond donors (Lipinski definition) is 0. The molecule has 4 nitrogen and oxygen atoms in total. The van der Waals surface area contributed by atoms with Crippen molar-refractivity contribution in [3.05, 3.63) is 34.8 Å². The summed E-state index contributed by atoms with van der Waals surface area (Å²) in [5.41, 5.74) is 4.40. The number of carbonyl (C=O) groups excluding carboxylic acids is 1. The Morgan fingerprint density at radius 2 is 1.84 bits per heavy atom. The minimum Gasteiger partial charge on any atom is -0.496 e. The number of aryl methyl sites for hydroxylation is 3. The van der Waals surface area contributed by atoms with Crippen LogP contribution in [-0.4, -0.2) is 22.9 Å². The van der Waals surface area contributed by atoms with Gasteiger partial charge in [0.25, 0.3) is 0 Å². The van der Waals surface area contributed by atoms with E-state index in [9.17, 15) is 4.79 Å². The van der Waals surface area contributed by atoms with E-state index >= 15 is 0 Å². The van der Waals surface area contributed by atoms with Gasteiger partial charge in [-0.2, -0.15) is 0 Å². The SMILES string of the molecule is COc1cc(C)c(C)cc1-c1nc(C)n(C)c1C=O. The standard InChI is InChI=1S/C15H18N2O2/c1-9-6-12(14(19-5)7-10(9)2)15-13(8-18)17(4)11(3)16-15/h6-8H,1-5H3. The lowest BCUT2D eigenvalue weighted by Gasteiger charge is -2.10. The van der Waals surface area contributed by atoms with Gasteiger partial charge in [-0.3, -0.25) is 4.79 Å². The predicted octanol–water partition coefficient (Wildman–Crippen LogP) is 2.83. The molecule has 0 fully saturated rings. The summed E-state index contributed by atoms with van der Waals surface area (Å²) >= 11 is 0. The van der Waals surface area contributed by atoms with Crippen molar-refractivity contribution < 1.29 is 9.53 Å². The van der Waals surface area contributed by atoms with Gasteiger partial charge < -0.3 is 9.30 Å². The molecule has 0 radical (unpaired) electrons. The second-order valence-corrected chi connectivity index (χ2v) is 4.71. The minimum absolute atomic E-state index is 0.569. The Labute approximate surface area is 113 Å². The van der Waals surface area contributed by atoms with Crippen LogP contribution >= 0.6 is 0 Å². The van der Waals surface area contributed by atoms with Crippen molar-refractivity contribution in [3.8, 4) is 17.0 Å². The van der Waals surface area contributed by atoms with Gasteiger partial charge in [-0.15, -0.1) is 0 Å². The summed E-state index contributed by atoms with van der Waals surface area (Å²) < 4.78 is 7.21. The third-order valence-electron chi connectivity index (χ3n) is 3.55. The van der Waals surface area contributed by atoms with E-state index in [-0.39, 0.29) is 0 Å². The molecular formula is C15H18N2O2. The Balaban J connectivity index is 2.74. The second-order valence-electron chi connectivity index (χ2n) is 4.71. The van der Waals surface area contributed by atoms with Gasteiger partial charge in [0.15, 0.2) is 6.29 Å². The third-order valence-corrected chi connectivity index (χ3v) is 3.55. The molecular weight excluding hydrogens is 240 g/mol. The highest BCUT2D eigenvalue weighted by molar-refractivity contribution is 5.86. The molecule has 0 saturated carbocycles. The fourth-order valence-corrected chi connectivity index (χ4v) is 2.10. The summed E-state index contributed by atoms with van der Waals surface area (Å²) in [7, 11) is 3.47. The van der Waals surface area contributed by atoms with E-state index in [1.807, 2.05) is 40.0 Å². The molecule has 1 aromatic carbocycles. The van der Waals surface area contributed by atoms with Crippen LogP contribution in [0, 0.1) is 20.8 Å². The van der Waals surface area contributed by atoms with Gasteiger partial charge in [-0.1, -0.05) is 0 Å². The lowest BCUT2D eigenvalue weighted by atomic mass is 10.0. The van der Waals surface area contributed by atoms with Crippen LogP contribution in [-0.2, 0) is 7.05 Å². The molecule has 0 bridgehead atoms. The summed E-state index contributed by atoms with van der Waals surface area (Å²) in [4.78, 5) is 15.8. The van der Waals surface area contributed by atoms with Crippen molar-refractivity contribution in [1.29, 1.82) is 0 Å². The maximum atomic E-state index is 11.3. The molecule has 0 atom stereocenters. The smallest absolute Gasteiger partial charge is 0.168 e. The number of carbonyl (C=O) groups is 1. The Morgan fingerprint density at radius 1 is 1.21 bits per heavy atom. The summed E-state index contributed by atoms with van der Waals surface area (Å²) in [6.07, 6.45) is 0.837. The van der Waals surface area contributed by atoms with Crippen molar-refractivity contribution in [3.63, 3.8) is 0 Å². The van der Waals surface area contributed by atoms with Gasteiger partial charge in [-0.25, -0.2) is 4.98 Å². The monoisotopic (exact) mass is 258 g/mol. The van der Waals surface area contributed by atoms with Crippen LogP contribution in [0.4, 0.5) is 0 Å². The number of benzene rings is 1. The van der Waals surface area contributed by atoms with E-state index in [0.717, 1.165) is 34.6 Å². The molecule has 0 aliphatic heterocycles. The first kappa shape index (κ1) is 13.3. The number of hydrogen-bond acceptors (Lipinski definition) is 3. The molecule has 1 aromatic heterocycles. The highest BCUT2D eigenvalue weighted by Gasteiger charge is 2.17. The summed E-state index contributed by atoms with van der Waals surface area (Å²) in [5, 5.41) is 0. The maximum absolute atomic E-state index is 11.3. The number of aldehydes is 1. The largest absolute Gasteiger partial charge is 0.496 e. The molecule has 19 heavy (non-hydrogen) atoms. The first-order valence-electron chi connectivity index (χ1n) is 6.13. The lowest BCUT2D eigenvalue weighted by Crippen LogP contribution is -1.98. The van der Waals surface area contributed by atoms with Crippen LogP contribution in [0.1, 0.15) is 27.4 Å². The molecule has 1 heterocycles. The van der Waals surface area contributed by atoms with Crippen molar-refractivity contribution in [2.45, 2.75) is 20.8 Å². The van der Waals surface area contributed by atoms with Gasteiger partial charge in [-0.05, 0) is 44.0 Å². The Hall–Kier alpha value is -2.10. The van der Waals surface area contributed by atoms with Crippen LogP contribution < -0.4 is 4.74 Å². The zero-order valence-electron chi connectivity index (χ0n) is 11.9. The number of rotatable bonds is 3. The molecule has 0 saturated heterocycles. The van der Waals surface area contributed by atoms with Gasteiger partial charge >= 0.3 is 0 Å². The summed E-state index contributed by atoms with van der Waals surface area (Å²) in [6, 6.07) is 3.99. The van der Waals surface area contributed by atoms with Crippen molar-refractivity contribution in [2.75, 3.05) is 7.11 Å². The highest BCUT2D eigenvalue weighted by atomic mass is 16.5. The first-order chi connectivity index (χ1) is 8.99. The van der Waals surface area contributed by atoms with E-state index in [1.165, 1.54) is 0 Å². The molecule has 100 valence electrons. The highest BCUT2D eigenvalue weighted by Crippen LogP contribution is 2.33. The van der Waals surface area contributed by atoms with Crippen LogP contribution in [0.2, 0.25) is 0 Å². The Bertz CT molecular complexity index is 642. The van der Waals surface area contributed by atoms with E-state index in [2.05, 4.69) is 4.98 Å². The van der Waals surface area contributed by atoms with Gasteiger partial charge in [0.05, 0.1) is 7.11 Å². The van der Waals surface area contributed by atoms with Gasteiger partial charge in [0.2, 0.25) is 0 Å². The zero-order chi connectivity index (χ0) is 14.2. The topological polar surface area (TPSA) is 44.1 Å². The predicted molar refractivity (Wildman–Crippen MR) is 74.8 cm³/mol. The second kappa shape index (κ2) is 4.88. The minimum atomic E-state index is 0.569. The molecule has 0 aliphatic carbocycles. The van der Waals surface area contributed by atoms with Crippen LogP contribution in [0.15, 0.2) is 12.1 Å². The molecule has 0 amide bonds. The number of aromatic nitrogens is 2. The third kappa shape index (κ3) is 2.14. The summed E-state index contributed by atoms with van der Waals surface area (Å²) in [5.74, 6) is 1.54. The van der Waals surface area contributed by atoms with Crippen LogP contribution in [0.5, 0.6) is 5.75 Å². The molecule has 4 heteroatoms. The zero-order valence-corrected chi connectivity index (χ0v) is 11.9. The van der Waals surface area contributed by atoms with Crippen LogP contribution in [0.25, 0.3) is 11.3 Å². The Kier molecular flexibility index (Phi) is 3.42. The van der Waals surface area contributed by atoms with Gasteiger partial charge in [0, 0.05) is 12.6 Å². The molecule has 0 unspecified atom stereocenters. The molecule has 2 rings (SSSR count). The first-order valence-corrected chi connectivity index (χ1v) is 6.13. The summed E-state index contributed by atoms with van der Waals surface area (Å²) in [6.45, 7) is 5.95. The van der Waals surface area contributed by atoms with E-state index in [4.69, 9.17) is 4.74 Å². The quantitative estimate of drug-likeness (QED) is 0.795. The number of methoxy groups -OCH3 is 1. The number of imidazole rings is 1. The normalized spacial score (nSPS) is 10.6. The van der Waals surface area contributed by atoms with Crippen LogP contribution in [0.3, 0.4) is 0 Å². The molecule has 0 N–H and O–H groups in total. The van der Waals surface area contributed by atoms with E-state index < -0.39 is 0 Å². The van der Waals surface area contributed by atoms with Crippen molar-refractivity contribution >= 4 is 6.29 Å². The molecule has 0 spiro atoms. The van der Waals surface area contributed by atoms with Gasteiger partial charge in [0.1, 0.15) is 23.0 Å². The number of ether oxygens (including phenoxy) is 1. The molecule has 2 aromatic rings. The fraction of sp³-hybridized carbons (Fsp3) is 0.333. The lowest BCUT2D eigenvalue weighted by molar-refractivity contribution is 0.111. The average molecular weight is 258 g/mol.